The second kappa shape index (κ2) is 13.2. The van der Waals surface area contributed by atoms with Crippen LogP contribution in [0.5, 0.6) is 0 Å². The smallest absolute Gasteiger partial charge is 0.136 e. The molecule has 0 unspecified atom stereocenters. The molecule has 0 spiro atoms. The monoisotopic (exact) mass is 672 g/mol. The third-order valence-corrected chi connectivity index (χ3v) is 10.8. The lowest BCUT2D eigenvalue weighted by Gasteiger charge is -2.23. The number of hydrogen-bond acceptors (Lipinski definition) is 1. The van der Waals surface area contributed by atoms with E-state index in [1.807, 2.05) is 54.6 Å². The van der Waals surface area contributed by atoms with Gasteiger partial charge in [0.2, 0.25) is 0 Å². The SMILES string of the molecule is [B]c1c([B])c([B])c(-c2ccc3c(c2)oc2cccc(-c4c5ccccc5c(-c5ccccc5)c5cc(-c6c([B])c([B])c([B])c([B])c6[B])ccc45)c23)c([B])c1[B]. The molecular weight excluding hydrogens is 653 g/mol. The van der Waals surface area contributed by atoms with Crippen molar-refractivity contribution in [3.8, 4) is 44.5 Å². The molecule has 0 fully saturated rings. The highest BCUT2D eigenvalue weighted by atomic mass is 16.3. The standard InChI is InChI=1S/C44H18B10O/c45-35-31(36(46)40(50)43(53)39(35)49)20-13-15-24-27(17-20)30(19-7-2-1-3-8-19)22-9-4-5-10-23(22)33(24)26-11-6-12-28-34(26)25-16-14-21(18-29(25)55-28)32-37(47)41(51)44(54)42(52)38(32)48/h1-18H. The van der Waals surface area contributed by atoms with Crippen LogP contribution in [-0.4, -0.2) is 78.5 Å². The summed E-state index contributed by atoms with van der Waals surface area (Å²) in [4.78, 5) is 0. The minimum atomic E-state index is 0.159. The lowest BCUT2D eigenvalue weighted by atomic mass is 9.59. The molecule has 1 nitrogen and oxygen atoms in total. The van der Waals surface area contributed by atoms with Crippen LogP contribution >= 0.6 is 0 Å². The largest absolute Gasteiger partial charge is 0.456 e. The van der Waals surface area contributed by atoms with Crippen LogP contribution in [0.15, 0.2) is 114 Å². The second-order valence-electron chi connectivity index (χ2n) is 13.8. The molecule has 11 heteroatoms. The van der Waals surface area contributed by atoms with Crippen LogP contribution in [0.25, 0.3) is 88.0 Å². The molecule has 1 aromatic heterocycles. The molecule has 8 aromatic carbocycles. The van der Waals surface area contributed by atoms with Crippen molar-refractivity contribution >= 4 is 177 Å². The summed E-state index contributed by atoms with van der Waals surface area (Å²) in [5.41, 5.74) is 10.1. The third-order valence-electron chi connectivity index (χ3n) is 10.8. The summed E-state index contributed by atoms with van der Waals surface area (Å²) < 4.78 is 6.56. The lowest BCUT2D eigenvalue weighted by Crippen LogP contribution is -2.55. The van der Waals surface area contributed by atoms with E-state index in [1.54, 1.807) is 0 Å². The van der Waals surface area contributed by atoms with Gasteiger partial charge < -0.3 is 4.42 Å². The molecule has 0 aliphatic heterocycles. The average Bonchev–Trinajstić information content (AvgIpc) is 3.58. The summed E-state index contributed by atoms with van der Waals surface area (Å²) in [6, 6.07) is 36.8. The van der Waals surface area contributed by atoms with Crippen molar-refractivity contribution in [1.29, 1.82) is 0 Å². The molecule has 0 saturated heterocycles. The van der Waals surface area contributed by atoms with E-state index in [-0.39, 0.29) is 54.6 Å². The van der Waals surface area contributed by atoms with Crippen molar-refractivity contribution in [1.82, 2.24) is 0 Å². The predicted molar refractivity (Wildman–Crippen MR) is 244 cm³/mol. The lowest BCUT2D eigenvalue weighted by molar-refractivity contribution is 0.669. The maximum atomic E-state index is 6.60. The van der Waals surface area contributed by atoms with Gasteiger partial charge >= 0.3 is 0 Å². The normalized spacial score (nSPS) is 11.6. The Balaban J connectivity index is 1.37. The quantitative estimate of drug-likeness (QED) is 0.197. The Morgan fingerprint density at radius 3 is 1.35 bits per heavy atom. The molecule has 9 aromatic rings. The Kier molecular flexibility index (Phi) is 8.50. The van der Waals surface area contributed by atoms with Crippen molar-refractivity contribution in [2.75, 3.05) is 0 Å². The van der Waals surface area contributed by atoms with Crippen molar-refractivity contribution in [3.63, 3.8) is 0 Å². The predicted octanol–water partition coefficient (Wildman–Crippen LogP) is 0.498. The number of benzene rings is 8. The number of hydrogen-bond donors (Lipinski definition) is 0. The van der Waals surface area contributed by atoms with E-state index in [1.165, 1.54) is 0 Å². The van der Waals surface area contributed by atoms with E-state index in [0.717, 1.165) is 60.1 Å². The average molecular weight is 671 g/mol. The van der Waals surface area contributed by atoms with E-state index in [4.69, 9.17) is 82.9 Å². The van der Waals surface area contributed by atoms with E-state index in [2.05, 4.69) is 54.6 Å². The highest BCUT2D eigenvalue weighted by molar-refractivity contribution is 6.70. The van der Waals surface area contributed by atoms with Gasteiger partial charge in [0, 0.05) is 10.8 Å². The molecule has 9 rings (SSSR count). The van der Waals surface area contributed by atoms with Gasteiger partial charge in [-0.1, -0.05) is 107 Å². The van der Waals surface area contributed by atoms with Gasteiger partial charge in [-0.2, -0.15) is 0 Å². The van der Waals surface area contributed by atoms with Crippen molar-refractivity contribution in [2.24, 2.45) is 0 Å². The van der Waals surface area contributed by atoms with Crippen molar-refractivity contribution < 1.29 is 4.42 Å². The first-order valence-electron chi connectivity index (χ1n) is 17.5. The molecule has 20 radical (unpaired) electrons. The topological polar surface area (TPSA) is 13.1 Å². The van der Waals surface area contributed by atoms with Crippen LogP contribution in [0.2, 0.25) is 0 Å². The van der Waals surface area contributed by atoms with E-state index < -0.39 is 0 Å². The first-order chi connectivity index (χ1) is 26.5. The molecule has 0 amide bonds. The molecular formula is C44H18B10O. The third kappa shape index (κ3) is 5.30. The van der Waals surface area contributed by atoms with Crippen LogP contribution in [0.3, 0.4) is 0 Å². The zero-order chi connectivity index (χ0) is 38.4. The summed E-state index contributed by atoms with van der Waals surface area (Å²) in [6.07, 6.45) is 0. The van der Waals surface area contributed by atoms with Crippen LogP contribution in [0.1, 0.15) is 0 Å². The first-order valence-corrected chi connectivity index (χ1v) is 17.5. The van der Waals surface area contributed by atoms with Gasteiger partial charge in [-0.15, -0.1) is 32.8 Å². The van der Waals surface area contributed by atoms with Gasteiger partial charge in [0.05, 0.1) is 0 Å². The summed E-state index contributed by atoms with van der Waals surface area (Å²) in [5, 5.41) is 5.94. The zero-order valence-corrected chi connectivity index (χ0v) is 29.6. The van der Waals surface area contributed by atoms with E-state index >= 15 is 0 Å². The van der Waals surface area contributed by atoms with Gasteiger partial charge in [0.15, 0.2) is 0 Å². The highest BCUT2D eigenvalue weighted by Gasteiger charge is 2.22. The Bertz CT molecular complexity index is 3040. The fraction of sp³-hybridized carbons (Fsp3) is 0. The highest BCUT2D eigenvalue weighted by Crippen LogP contribution is 2.47. The Morgan fingerprint density at radius 1 is 0.291 bits per heavy atom. The fourth-order valence-corrected chi connectivity index (χ4v) is 8.05. The first kappa shape index (κ1) is 35.4. The summed E-state index contributed by atoms with van der Waals surface area (Å²) in [5.74, 6) is 0. The van der Waals surface area contributed by atoms with Gasteiger partial charge in [0.25, 0.3) is 0 Å². The molecule has 0 atom stereocenters. The molecule has 55 heavy (non-hydrogen) atoms. The minimum Gasteiger partial charge on any atom is -0.456 e. The molecule has 0 saturated carbocycles. The van der Waals surface area contributed by atoms with Gasteiger partial charge in [0.1, 0.15) is 89.6 Å². The van der Waals surface area contributed by atoms with Crippen LogP contribution < -0.4 is 54.6 Å². The Labute approximate surface area is 333 Å². The fourth-order valence-electron chi connectivity index (χ4n) is 8.05. The van der Waals surface area contributed by atoms with Gasteiger partial charge in [-0.05, 0) is 90.3 Å². The Hall–Kier alpha value is -5.27. The maximum absolute atomic E-state index is 6.60. The summed E-state index contributed by atoms with van der Waals surface area (Å²) in [6.45, 7) is 0. The zero-order valence-electron chi connectivity index (χ0n) is 29.6. The second-order valence-corrected chi connectivity index (χ2v) is 13.8. The molecule has 0 aliphatic carbocycles. The van der Waals surface area contributed by atoms with E-state index in [0.29, 0.717) is 27.9 Å². The molecule has 0 bridgehead atoms. The molecule has 1 heterocycles. The Morgan fingerprint density at radius 2 is 0.764 bits per heavy atom. The van der Waals surface area contributed by atoms with Gasteiger partial charge in [-0.3, -0.25) is 0 Å². The van der Waals surface area contributed by atoms with Crippen LogP contribution in [0.4, 0.5) is 0 Å². The minimum absolute atomic E-state index is 0.159. The van der Waals surface area contributed by atoms with Crippen LogP contribution in [0, 0.1) is 0 Å². The van der Waals surface area contributed by atoms with Gasteiger partial charge in [-0.25, -0.2) is 0 Å². The summed E-state index contributed by atoms with van der Waals surface area (Å²) >= 11 is 0. The summed E-state index contributed by atoms with van der Waals surface area (Å²) in [7, 11) is 63.5. The maximum Gasteiger partial charge on any atom is 0.136 e. The molecule has 0 aliphatic rings. The molecule has 230 valence electrons. The number of fused-ring (bicyclic) bond motifs is 5. The van der Waals surface area contributed by atoms with Crippen molar-refractivity contribution in [3.05, 3.63) is 109 Å². The van der Waals surface area contributed by atoms with Crippen LogP contribution in [-0.2, 0) is 0 Å². The molecule has 0 N–H and O–H groups in total. The van der Waals surface area contributed by atoms with Crippen molar-refractivity contribution in [2.45, 2.75) is 0 Å². The van der Waals surface area contributed by atoms with E-state index in [9.17, 15) is 0 Å². The number of furan rings is 1. The number of rotatable bonds is 4.